The molecule has 2 aromatic rings. The number of hydrogen-bond donors (Lipinski definition) is 0. The highest BCUT2D eigenvalue weighted by molar-refractivity contribution is 5.89. The van der Waals surface area contributed by atoms with Crippen LogP contribution in [0.2, 0.25) is 0 Å². The summed E-state index contributed by atoms with van der Waals surface area (Å²) >= 11 is 0. The molecule has 23 heavy (non-hydrogen) atoms. The van der Waals surface area contributed by atoms with Crippen molar-refractivity contribution in [1.82, 2.24) is 15.1 Å². The van der Waals surface area contributed by atoms with E-state index < -0.39 is 5.41 Å². The second-order valence-corrected chi connectivity index (χ2v) is 6.35. The van der Waals surface area contributed by atoms with Crippen LogP contribution in [0.4, 0.5) is 5.82 Å². The Morgan fingerprint density at radius 1 is 1.48 bits per heavy atom. The Morgan fingerprint density at radius 2 is 2.26 bits per heavy atom. The van der Waals surface area contributed by atoms with E-state index in [1.54, 1.807) is 0 Å². The maximum absolute atomic E-state index is 12.6. The van der Waals surface area contributed by atoms with E-state index in [2.05, 4.69) is 33.9 Å². The monoisotopic (exact) mass is 318 g/mol. The maximum atomic E-state index is 12.6. The van der Waals surface area contributed by atoms with Gasteiger partial charge in [0.15, 0.2) is 0 Å². The van der Waals surface area contributed by atoms with Crippen LogP contribution in [-0.2, 0) is 9.53 Å². The molecule has 0 aliphatic carbocycles. The molecule has 0 N–H and O–H groups in total. The SMILES string of the molecule is CCOC(=O)[C@@]1(C(C)C)CCN(c2ncnc3onc(C)c23)C1. The fourth-order valence-corrected chi connectivity index (χ4v) is 3.31. The van der Waals surface area contributed by atoms with Crippen LogP contribution in [0.25, 0.3) is 11.1 Å². The van der Waals surface area contributed by atoms with Crippen LogP contribution in [0.5, 0.6) is 0 Å². The van der Waals surface area contributed by atoms with Crippen molar-refractivity contribution in [2.24, 2.45) is 11.3 Å². The van der Waals surface area contributed by atoms with Crippen molar-refractivity contribution in [3.8, 4) is 0 Å². The highest BCUT2D eigenvalue weighted by Gasteiger charge is 2.49. The van der Waals surface area contributed by atoms with Gasteiger partial charge in [0.1, 0.15) is 17.5 Å². The molecule has 0 aromatic carbocycles. The van der Waals surface area contributed by atoms with E-state index in [0.29, 0.717) is 18.9 Å². The zero-order valence-corrected chi connectivity index (χ0v) is 14.0. The molecule has 124 valence electrons. The smallest absolute Gasteiger partial charge is 0.314 e. The number of hydrogen-bond acceptors (Lipinski definition) is 7. The van der Waals surface area contributed by atoms with Crippen molar-refractivity contribution in [1.29, 1.82) is 0 Å². The van der Waals surface area contributed by atoms with Gasteiger partial charge >= 0.3 is 5.97 Å². The van der Waals surface area contributed by atoms with E-state index in [0.717, 1.165) is 29.9 Å². The summed E-state index contributed by atoms with van der Waals surface area (Å²) in [6.45, 7) is 9.58. The summed E-state index contributed by atoms with van der Waals surface area (Å²) in [7, 11) is 0. The lowest BCUT2D eigenvalue weighted by atomic mass is 9.76. The number of carbonyl (C=O) groups excluding carboxylic acids is 1. The molecule has 0 radical (unpaired) electrons. The molecule has 3 rings (SSSR count). The number of rotatable bonds is 4. The molecule has 0 spiro atoms. The Bertz CT molecular complexity index is 727. The van der Waals surface area contributed by atoms with Gasteiger partial charge in [0.05, 0.1) is 17.7 Å². The van der Waals surface area contributed by atoms with Gasteiger partial charge in [-0.15, -0.1) is 0 Å². The van der Waals surface area contributed by atoms with Crippen LogP contribution < -0.4 is 4.90 Å². The molecule has 2 aromatic heterocycles. The van der Waals surface area contributed by atoms with Crippen molar-refractivity contribution in [2.75, 3.05) is 24.6 Å². The summed E-state index contributed by atoms with van der Waals surface area (Å²) in [4.78, 5) is 23.2. The van der Waals surface area contributed by atoms with Crippen LogP contribution in [0.1, 0.15) is 32.9 Å². The van der Waals surface area contributed by atoms with Gasteiger partial charge in [-0.25, -0.2) is 4.98 Å². The topological polar surface area (TPSA) is 81.4 Å². The molecule has 0 bridgehead atoms. The Kier molecular flexibility index (Phi) is 3.95. The molecule has 1 atom stereocenters. The van der Waals surface area contributed by atoms with Crippen LogP contribution in [-0.4, -0.2) is 40.8 Å². The second kappa shape index (κ2) is 5.79. The molecule has 1 saturated heterocycles. The summed E-state index contributed by atoms with van der Waals surface area (Å²) in [6.07, 6.45) is 2.22. The fraction of sp³-hybridized carbons (Fsp3) is 0.625. The van der Waals surface area contributed by atoms with Crippen molar-refractivity contribution >= 4 is 22.9 Å². The zero-order valence-electron chi connectivity index (χ0n) is 14.0. The van der Waals surface area contributed by atoms with Crippen molar-refractivity contribution in [3.05, 3.63) is 12.0 Å². The van der Waals surface area contributed by atoms with E-state index in [4.69, 9.17) is 9.26 Å². The predicted octanol–water partition coefficient (Wildman–Crippen LogP) is 2.34. The molecule has 0 unspecified atom stereocenters. The second-order valence-electron chi connectivity index (χ2n) is 6.35. The summed E-state index contributed by atoms with van der Waals surface area (Å²) < 4.78 is 10.6. The van der Waals surface area contributed by atoms with Crippen LogP contribution in [0.3, 0.4) is 0 Å². The molecule has 3 heterocycles. The lowest BCUT2D eigenvalue weighted by Gasteiger charge is -2.31. The van der Waals surface area contributed by atoms with Crippen molar-refractivity contribution < 1.29 is 14.1 Å². The Balaban J connectivity index is 1.97. The van der Waals surface area contributed by atoms with Gasteiger partial charge < -0.3 is 14.2 Å². The third kappa shape index (κ3) is 2.44. The summed E-state index contributed by atoms with van der Waals surface area (Å²) in [5.41, 5.74) is 0.734. The third-order valence-corrected chi connectivity index (χ3v) is 4.81. The molecule has 1 fully saturated rings. The highest BCUT2D eigenvalue weighted by atomic mass is 16.5. The first-order valence-corrected chi connectivity index (χ1v) is 7.98. The minimum atomic E-state index is -0.502. The summed E-state index contributed by atoms with van der Waals surface area (Å²) in [6, 6.07) is 0. The summed E-state index contributed by atoms with van der Waals surface area (Å²) in [5, 5.41) is 4.78. The number of aryl methyl sites for hydroxylation is 1. The summed E-state index contributed by atoms with van der Waals surface area (Å²) in [5.74, 6) is 0.845. The number of esters is 1. The molecule has 7 heteroatoms. The fourth-order valence-electron chi connectivity index (χ4n) is 3.31. The van der Waals surface area contributed by atoms with Gasteiger partial charge in [-0.1, -0.05) is 19.0 Å². The normalized spacial score (nSPS) is 21.3. The average molecular weight is 318 g/mol. The molecular weight excluding hydrogens is 296 g/mol. The Labute approximate surface area is 135 Å². The molecule has 7 nitrogen and oxygen atoms in total. The number of aromatic nitrogens is 3. The number of carbonyl (C=O) groups is 1. The first-order chi connectivity index (χ1) is 11.0. The van der Waals surface area contributed by atoms with Crippen molar-refractivity contribution in [2.45, 2.75) is 34.1 Å². The van der Waals surface area contributed by atoms with Gasteiger partial charge in [-0.3, -0.25) is 4.79 Å². The van der Waals surface area contributed by atoms with E-state index in [-0.39, 0.29) is 11.9 Å². The van der Waals surface area contributed by atoms with Gasteiger partial charge in [0.2, 0.25) is 0 Å². The Morgan fingerprint density at radius 3 is 2.96 bits per heavy atom. The molecule has 1 aliphatic heterocycles. The van der Waals surface area contributed by atoms with E-state index in [1.165, 1.54) is 6.33 Å². The molecule has 1 aliphatic rings. The van der Waals surface area contributed by atoms with Crippen molar-refractivity contribution in [3.63, 3.8) is 0 Å². The standard InChI is InChI=1S/C16H22N4O3/c1-5-22-15(21)16(10(2)3)6-7-20(8-16)13-12-11(4)19-23-14(12)18-9-17-13/h9-10H,5-8H2,1-4H3/t16-/m0/s1. The Hall–Kier alpha value is -2.18. The molecular formula is C16H22N4O3. The van der Waals surface area contributed by atoms with Gasteiger partial charge in [0, 0.05) is 13.1 Å². The lowest BCUT2D eigenvalue weighted by molar-refractivity contribution is -0.156. The minimum Gasteiger partial charge on any atom is -0.466 e. The minimum absolute atomic E-state index is 0.121. The lowest BCUT2D eigenvalue weighted by Crippen LogP contribution is -2.40. The zero-order chi connectivity index (χ0) is 16.6. The quantitative estimate of drug-likeness (QED) is 0.800. The first-order valence-electron chi connectivity index (χ1n) is 7.98. The number of fused-ring (bicyclic) bond motifs is 1. The average Bonchev–Trinajstić information content (AvgIpc) is 3.13. The maximum Gasteiger partial charge on any atom is 0.314 e. The van der Waals surface area contributed by atoms with E-state index in [1.807, 2.05) is 13.8 Å². The van der Waals surface area contributed by atoms with E-state index >= 15 is 0 Å². The van der Waals surface area contributed by atoms with E-state index in [9.17, 15) is 4.79 Å². The van der Waals surface area contributed by atoms with Crippen LogP contribution >= 0.6 is 0 Å². The number of nitrogens with zero attached hydrogens (tertiary/aromatic N) is 4. The molecule has 0 saturated carbocycles. The van der Waals surface area contributed by atoms with Crippen LogP contribution in [0, 0.1) is 18.3 Å². The van der Waals surface area contributed by atoms with Gasteiger partial charge in [0.25, 0.3) is 5.71 Å². The largest absolute Gasteiger partial charge is 0.466 e. The van der Waals surface area contributed by atoms with Gasteiger partial charge in [-0.05, 0) is 26.2 Å². The van der Waals surface area contributed by atoms with Gasteiger partial charge in [-0.2, -0.15) is 4.98 Å². The first kappa shape index (κ1) is 15.7. The predicted molar refractivity (Wildman–Crippen MR) is 85.1 cm³/mol. The molecule has 0 amide bonds. The van der Waals surface area contributed by atoms with Crippen LogP contribution in [0.15, 0.2) is 10.9 Å². The number of ether oxygens (including phenoxy) is 1. The third-order valence-electron chi connectivity index (χ3n) is 4.81. The number of anilines is 1. The highest BCUT2D eigenvalue weighted by Crippen LogP contribution is 2.41.